The first-order valence-corrected chi connectivity index (χ1v) is 11.7. The molecule has 0 bridgehead atoms. The number of hydrogen-bond acceptors (Lipinski definition) is 4. The first-order valence-electron chi connectivity index (χ1n) is 8.83. The standard InChI is InChI=1S/C17H26N2O4S2/c1-14(15-6-7-15)18(2)24(20,21)16-8-10-17(11-9-16)25(22,23)19-12-4-3-5-13-19/h8-11,14-15H,3-7,12-13H2,1-2H3. The molecule has 0 amide bonds. The summed E-state index contributed by atoms with van der Waals surface area (Å²) in [5.41, 5.74) is 0. The fraction of sp³-hybridized carbons (Fsp3) is 0.647. The highest BCUT2D eigenvalue weighted by Gasteiger charge is 2.36. The van der Waals surface area contributed by atoms with E-state index in [0.717, 1.165) is 32.1 Å². The van der Waals surface area contributed by atoms with Gasteiger partial charge in [-0.1, -0.05) is 6.42 Å². The van der Waals surface area contributed by atoms with Gasteiger partial charge in [-0.3, -0.25) is 0 Å². The minimum atomic E-state index is -3.61. The van der Waals surface area contributed by atoms with Crippen molar-refractivity contribution in [3.8, 4) is 0 Å². The second-order valence-electron chi connectivity index (χ2n) is 7.04. The van der Waals surface area contributed by atoms with E-state index in [0.29, 0.717) is 19.0 Å². The Kier molecular flexibility index (Phi) is 5.26. The van der Waals surface area contributed by atoms with Crippen LogP contribution in [-0.2, 0) is 20.0 Å². The van der Waals surface area contributed by atoms with Gasteiger partial charge in [-0.05, 0) is 62.8 Å². The van der Waals surface area contributed by atoms with E-state index in [-0.39, 0.29) is 15.8 Å². The molecule has 8 heteroatoms. The van der Waals surface area contributed by atoms with Gasteiger partial charge in [0.25, 0.3) is 0 Å². The summed E-state index contributed by atoms with van der Waals surface area (Å²) in [6.07, 6.45) is 4.92. The molecule has 140 valence electrons. The Bertz CT molecular complexity index is 809. The normalized spacial score (nSPS) is 21.4. The van der Waals surface area contributed by atoms with Crippen molar-refractivity contribution in [2.75, 3.05) is 20.1 Å². The Morgan fingerprint density at radius 2 is 1.48 bits per heavy atom. The van der Waals surface area contributed by atoms with E-state index in [1.807, 2.05) is 6.92 Å². The zero-order valence-electron chi connectivity index (χ0n) is 14.8. The molecular weight excluding hydrogens is 360 g/mol. The van der Waals surface area contributed by atoms with Gasteiger partial charge in [0.2, 0.25) is 20.0 Å². The molecule has 2 fully saturated rings. The summed E-state index contributed by atoms with van der Waals surface area (Å²) in [7, 11) is -5.55. The highest BCUT2D eigenvalue weighted by atomic mass is 32.2. The van der Waals surface area contributed by atoms with Crippen molar-refractivity contribution >= 4 is 20.0 Å². The van der Waals surface area contributed by atoms with Gasteiger partial charge in [0.1, 0.15) is 0 Å². The van der Waals surface area contributed by atoms with E-state index in [1.54, 1.807) is 7.05 Å². The Balaban J connectivity index is 1.81. The molecule has 6 nitrogen and oxygen atoms in total. The molecule has 1 heterocycles. The molecule has 1 saturated carbocycles. The van der Waals surface area contributed by atoms with Crippen molar-refractivity contribution in [2.45, 2.75) is 54.9 Å². The number of benzene rings is 1. The number of sulfonamides is 2. The lowest BCUT2D eigenvalue weighted by Crippen LogP contribution is -2.36. The lowest BCUT2D eigenvalue weighted by molar-refractivity contribution is 0.346. The monoisotopic (exact) mass is 386 g/mol. The quantitative estimate of drug-likeness (QED) is 0.752. The zero-order valence-corrected chi connectivity index (χ0v) is 16.4. The summed E-state index contributed by atoms with van der Waals surface area (Å²) >= 11 is 0. The smallest absolute Gasteiger partial charge is 0.207 e. The highest BCUT2D eigenvalue weighted by molar-refractivity contribution is 7.89. The molecule has 1 atom stereocenters. The molecule has 0 spiro atoms. The summed E-state index contributed by atoms with van der Waals surface area (Å²) in [4.78, 5) is 0.298. The van der Waals surface area contributed by atoms with Gasteiger partial charge in [-0.2, -0.15) is 8.61 Å². The van der Waals surface area contributed by atoms with Crippen LogP contribution in [0, 0.1) is 5.92 Å². The largest absolute Gasteiger partial charge is 0.243 e. The maximum absolute atomic E-state index is 12.7. The number of nitrogens with zero attached hydrogens (tertiary/aromatic N) is 2. The molecule has 1 aromatic rings. The molecule has 1 aliphatic carbocycles. The van der Waals surface area contributed by atoms with Crippen LogP contribution in [0.1, 0.15) is 39.0 Å². The molecule has 3 rings (SSSR count). The fourth-order valence-corrected chi connectivity index (χ4v) is 6.24. The van der Waals surface area contributed by atoms with Crippen LogP contribution >= 0.6 is 0 Å². The van der Waals surface area contributed by atoms with E-state index in [1.165, 1.54) is 32.9 Å². The van der Waals surface area contributed by atoms with E-state index in [2.05, 4.69) is 0 Å². The van der Waals surface area contributed by atoms with E-state index >= 15 is 0 Å². The third kappa shape index (κ3) is 3.77. The predicted molar refractivity (Wildman–Crippen MR) is 96.2 cm³/mol. The predicted octanol–water partition coefficient (Wildman–Crippen LogP) is 2.28. The summed E-state index contributed by atoms with van der Waals surface area (Å²) in [6, 6.07) is 5.59. The first-order chi connectivity index (χ1) is 11.7. The number of hydrogen-bond donors (Lipinski definition) is 0. The van der Waals surface area contributed by atoms with Crippen LogP contribution in [0.15, 0.2) is 34.1 Å². The molecule has 0 radical (unpaired) electrons. The number of rotatable bonds is 6. The van der Waals surface area contributed by atoms with Crippen LogP contribution in [0.2, 0.25) is 0 Å². The van der Waals surface area contributed by atoms with Crippen molar-refractivity contribution < 1.29 is 16.8 Å². The number of piperidine rings is 1. The Morgan fingerprint density at radius 1 is 0.960 bits per heavy atom. The van der Waals surface area contributed by atoms with Gasteiger partial charge in [-0.15, -0.1) is 0 Å². The van der Waals surface area contributed by atoms with E-state index < -0.39 is 20.0 Å². The molecule has 1 aromatic carbocycles. The first kappa shape index (κ1) is 18.8. The lowest BCUT2D eigenvalue weighted by Gasteiger charge is -2.26. The zero-order chi connectivity index (χ0) is 18.2. The molecule has 1 unspecified atom stereocenters. The summed E-state index contributed by atoms with van der Waals surface area (Å²) < 4.78 is 53.7. The SMILES string of the molecule is CC(C1CC1)N(C)S(=O)(=O)c1ccc(S(=O)(=O)N2CCCCC2)cc1. The fourth-order valence-electron chi connectivity index (χ4n) is 3.30. The third-order valence-electron chi connectivity index (χ3n) is 5.33. The second-order valence-corrected chi connectivity index (χ2v) is 11.0. The van der Waals surface area contributed by atoms with Crippen LogP contribution < -0.4 is 0 Å². The van der Waals surface area contributed by atoms with Gasteiger partial charge in [-0.25, -0.2) is 16.8 Å². The maximum Gasteiger partial charge on any atom is 0.243 e. The van der Waals surface area contributed by atoms with Crippen LogP contribution in [0.5, 0.6) is 0 Å². The van der Waals surface area contributed by atoms with Crippen LogP contribution in [-0.4, -0.2) is 51.6 Å². The van der Waals surface area contributed by atoms with Crippen molar-refractivity contribution in [3.63, 3.8) is 0 Å². The van der Waals surface area contributed by atoms with Gasteiger partial charge in [0.05, 0.1) is 9.79 Å². The Morgan fingerprint density at radius 3 is 2.00 bits per heavy atom. The van der Waals surface area contributed by atoms with Gasteiger partial charge >= 0.3 is 0 Å². The van der Waals surface area contributed by atoms with Crippen molar-refractivity contribution in [2.24, 2.45) is 5.92 Å². The average molecular weight is 387 g/mol. The van der Waals surface area contributed by atoms with Crippen molar-refractivity contribution in [1.82, 2.24) is 8.61 Å². The summed E-state index contributed by atoms with van der Waals surface area (Å²) in [6.45, 7) is 2.98. The molecule has 1 aliphatic heterocycles. The van der Waals surface area contributed by atoms with E-state index in [4.69, 9.17) is 0 Å². The second kappa shape index (κ2) is 6.98. The molecule has 0 N–H and O–H groups in total. The van der Waals surface area contributed by atoms with Crippen LogP contribution in [0.3, 0.4) is 0 Å². The third-order valence-corrected chi connectivity index (χ3v) is 9.20. The van der Waals surface area contributed by atoms with Gasteiger partial charge in [0.15, 0.2) is 0 Å². The molecule has 25 heavy (non-hydrogen) atoms. The average Bonchev–Trinajstić information content (AvgIpc) is 3.46. The molecule has 1 saturated heterocycles. The Hall–Kier alpha value is -0.960. The molecular formula is C17H26N2O4S2. The molecule has 2 aliphatic rings. The van der Waals surface area contributed by atoms with Gasteiger partial charge in [0, 0.05) is 26.2 Å². The van der Waals surface area contributed by atoms with Crippen molar-refractivity contribution in [1.29, 1.82) is 0 Å². The lowest BCUT2D eigenvalue weighted by atomic mass is 10.2. The van der Waals surface area contributed by atoms with Crippen LogP contribution in [0.4, 0.5) is 0 Å². The summed E-state index contributed by atoms with van der Waals surface area (Å²) in [5, 5.41) is 0. The molecule has 0 aromatic heterocycles. The topological polar surface area (TPSA) is 74.8 Å². The van der Waals surface area contributed by atoms with Crippen molar-refractivity contribution in [3.05, 3.63) is 24.3 Å². The van der Waals surface area contributed by atoms with E-state index in [9.17, 15) is 16.8 Å². The minimum Gasteiger partial charge on any atom is -0.207 e. The summed E-state index contributed by atoms with van der Waals surface area (Å²) in [5.74, 6) is 0.429. The highest BCUT2D eigenvalue weighted by Crippen LogP contribution is 2.36. The maximum atomic E-state index is 12.7. The van der Waals surface area contributed by atoms with Gasteiger partial charge < -0.3 is 0 Å². The Labute approximate surface area is 150 Å². The minimum absolute atomic E-state index is 0.0400. The van der Waals surface area contributed by atoms with Crippen LogP contribution in [0.25, 0.3) is 0 Å².